The van der Waals surface area contributed by atoms with Crippen LogP contribution in [0.3, 0.4) is 0 Å². The molecule has 0 aromatic heterocycles. The van der Waals surface area contributed by atoms with Crippen molar-refractivity contribution in [2.24, 2.45) is 5.73 Å². The van der Waals surface area contributed by atoms with E-state index >= 15 is 0 Å². The van der Waals surface area contributed by atoms with Crippen molar-refractivity contribution in [1.82, 2.24) is 0 Å². The Morgan fingerprint density at radius 2 is 2.06 bits per heavy atom. The van der Waals surface area contributed by atoms with Gasteiger partial charge in [-0.15, -0.1) is 0 Å². The number of nitrogens with two attached hydrogens (primary N) is 1. The summed E-state index contributed by atoms with van der Waals surface area (Å²) >= 11 is 0.349. The fraction of sp³-hybridized carbons (Fsp3) is 0.273. The van der Waals surface area contributed by atoms with Crippen molar-refractivity contribution >= 4 is 48.9 Å². The summed E-state index contributed by atoms with van der Waals surface area (Å²) < 4.78 is 9.81. The van der Waals surface area contributed by atoms with E-state index in [4.69, 9.17) is 9.83 Å². The zero-order valence-corrected chi connectivity index (χ0v) is 12.8. The van der Waals surface area contributed by atoms with Crippen molar-refractivity contribution in [3.8, 4) is 0 Å². The first kappa shape index (κ1) is 15.2. The van der Waals surface area contributed by atoms with Gasteiger partial charge >= 0.3 is 77.4 Å². The summed E-state index contributed by atoms with van der Waals surface area (Å²) in [6.45, 7) is 1.47. The molecule has 0 spiro atoms. The summed E-state index contributed by atoms with van der Waals surface area (Å²) in [5.41, 5.74) is 5.92. The van der Waals surface area contributed by atoms with E-state index in [9.17, 15) is 9.59 Å². The molecule has 4 N–H and O–H groups in total. The Kier molecular flexibility index (Phi) is 6.43. The third-order valence-corrected chi connectivity index (χ3v) is 4.40. The molecule has 1 aliphatic heterocycles. The van der Waals surface area contributed by atoms with Crippen LogP contribution in [-0.4, -0.2) is 43.0 Å². The van der Waals surface area contributed by atoms with Crippen molar-refractivity contribution in [3.05, 3.63) is 24.3 Å². The largest absolute Gasteiger partial charge is 0.320 e. The molecule has 18 heavy (non-hydrogen) atoms. The van der Waals surface area contributed by atoms with Gasteiger partial charge in [0.2, 0.25) is 5.12 Å². The fourth-order valence-corrected chi connectivity index (χ4v) is 2.24. The predicted octanol–water partition coefficient (Wildman–Crippen LogP) is -0.799. The molecule has 1 saturated heterocycles. The third kappa shape index (κ3) is 5.23. The molecule has 0 saturated carbocycles. The summed E-state index contributed by atoms with van der Waals surface area (Å²) in [5, 5.41) is 2.78. The van der Waals surface area contributed by atoms with Crippen LogP contribution in [0.25, 0.3) is 0 Å². The number of benzene rings is 1. The summed E-state index contributed by atoms with van der Waals surface area (Å²) in [4.78, 5) is 20.7. The minimum Gasteiger partial charge on any atom is -0.320 e. The molecule has 1 aromatic rings. The quantitative estimate of drug-likeness (QED) is 0.618. The van der Waals surface area contributed by atoms with Crippen LogP contribution in [0.2, 0.25) is 0 Å². The van der Waals surface area contributed by atoms with E-state index in [0.717, 1.165) is 15.8 Å². The Hall–Kier alpha value is -0.812. The van der Waals surface area contributed by atoms with Crippen molar-refractivity contribution < 1.29 is 13.7 Å². The monoisotopic (exact) mass is 330 g/mol. The van der Waals surface area contributed by atoms with E-state index in [0.29, 0.717) is 0 Å². The number of hydrogen-bond acceptors (Lipinski definition) is 5. The van der Waals surface area contributed by atoms with Gasteiger partial charge in [-0.05, 0) is 0 Å². The van der Waals surface area contributed by atoms with Gasteiger partial charge in [0.15, 0.2) is 0 Å². The van der Waals surface area contributed by atoms with Gasteiger partial charge in [0.05, 0.1) is 6.04 Å². The second-order valence-corrected chi connectivity index (χ2v) is 6.31. The average molecular weight is 330 g/mol. The van der Waals surface area contributed by atoms with E-state index in [2.05, 4.69) is 5.32 Å². The van der Waals surface area contributed by atoms with Crippen LogP contribution >= 0.6 is 11.8 Å². The van der Waals surface area contributed by atoms with Crippen molar-refractivity contribution in [1.29, 1.82) is 0 Å². The second-order valence-electron chi connectivity index (χ2n) is 3.61. The van der Waals surface area contributed by atoms with Gasteiger partial charge in [-0.2, -0.15) is 0 Å². The molecule has 1 fully saturated rings. The number of amides is 1. The van der Waals surface area contributed by atoms with E-state index in [1.807, 2.05) is 12.1 Å². The Morgan fingerprint density at radius 3 is 2.33 bits per heavy atom. The van der Waals surface area contributed by atoms with Gasteiger partial charge in [-0.25, -0.2) is 0 Å². The zero-order valence-electron chi connectivity index (χ0n) is 9.84. The minimum absolute atomic E-state index is 0.0808. The van der Waals surface area contributed by atoms with Crippen molar-refractivity contribution in [2.45, 2.75) is 13.0 Å². The Balaban J connectivity index is 0.000000225. The van der Waals surface area contributed by atoms with Crippen LogP contribution in [0.5, 0.6) is 0 Å². The predicted molar refractivity (Wildman–Crippen MR) is 75.2 cm³/mol. The zero-order chi connectivity index (χ0) is 13.5. The molecular formula is C11H15AsN2O3S. The second kappa shape index (κ2) is 7.59. The number of rotatable bonds is 2. The first-order valence-corrected chi connectivity index (χ1v) is 8.20. The number of anilines is 1. The molecule has 5 nitrogen and oxygen atoms in total. The Labute approximate surface area is 117 Å². The van der Waals surface area contributed by atoms with Crippen LogP contribution in [0.1, 0.15) is 6.92 Å². The standard InChI is InChI=1S/C8H10AsNO2.C3H5NOS/c1-6(11)10-8-4-2-7(9-12)3-5-8;4-2-1-6-3(2)5/h2-5,9,12H,1H3,(H,10,11);2H,1,4H2. The van der Waals surface area contributed by atoms with E-state index in [-0.39, 0.29) is 17.1 Å². The Morgan fingerprint density at radius 1 is 1.50 bits per heavy atom. The third-order valence-electron chi connectivity index (χ3n) is 2.04. The van der Waals surface area contributed by atoms with Crippen molar-refractivity contribution in [2.75, 3.05) is 11.1 Å². The SMILES string of the molecule is CC(=O)Nc1ccc([AsH]O)cc1.NC1CSC1=O. The molecule has 1 amide bonds. The molecule has 0 radical (unpaired) electrons. The van der Waals surface area contributed by atoms with Gasteiger partial charge in [-0.3, -0.25) is 4.79 Å². The topological polar surface area (TPSA) is 92.4 Å². The first-order valence-electron chi connectivity index (χ1n) is 5.23. The van der Waals surface area contributed by atoms with E-state index < -0.39 is 16.1 Å². The summed E-state index contributed by atoms with van der Waals surface area (Å²) in [7, 11) is 0. The van der Waals surface area contributed by atoms with Crippen LogP contribution in [0.4, 0.5) is 5.69 Å². The van der Waals surface area contributed by atoms with Gasteiger partial charge in [0.1, 0.15) is 0 Å². The molecule has 2 atom stereocenters. The maximum Gasteiger partial charge on any atom is 0.206 e. The van der Waals surface area contributed by atoms with E-state index in [1.54, 1.807) is 12.1 Å². The minimum atomic E-state index is -0.955. The Bertz CT molecular complexity index is 425. The number of carbonyl (C=O) groups is 2. The summed E-state index contributed by atoms with van der Waals surface area (Å²) in [5.74, 6) is 0.738. The summed E-state index contributed by atoms with van der Waals surface area (Å²) in [6, 6.07) is 7.08. The number of thioether (sulfide) groups is 1. The first-order chi connectivity index (χ1) is 8.52. The molecule has 7 heteroatoms. The summed E-state index contributed by atoms with van der Waals surface area (Å²) in [6.07, 6.45) is 0. The van der Waals surface area contributed by atoms with Gasteiger partial charge in [0, 0.05) is 5.75 Å². The van der Waals surface area contributed by atoms with Gasteiger partial charge < -0.3 is 5.73 Å². The molecule has 1 aromatic carbocycles. The molecule has 2 rings (SSSR count). The van der Waals surface area contributed by atoms with Gasteiger partial charge in [0.25, 0.3) is 0 Å². The molecule has 1 aliphatic rings. The average Bonchev–Trinajstić information content (AvgIpc) is 2.37. The number of nitrogens with one attached hydrogen (secondary N) is 1. The fourth-order valence-electron chi connectivity index (χ4n) is 1.08. The van der Waals surface area contributed by atoms with Crippen LogP contribution in [-0.2, 0) is 9.59 Å². The molecule has 0 bridgehead atoms. The molecule has 0 aliphatic carbocycles. The van der Waals surface area contributed by atoms with Crippen molar-refractivity contribution in [3.63, 3.8) is 0 Å². The molecular weight excluding hydrogens is 315 g/mol. The molecule has 1 heterocycles. The smallest absolute Gasteiger partial charge is 0.206 e. The molecule has 98 valence electrons. The maximum atomic E-state index is 10.6. The van der Waals surface area contributed by atoms with Crippen LogP contribution < -0.4 is 15.4 Å². The number of hydrogen-bond donors (Lipinski definition) is 3. The van der Waals surface area contributed by atoms with E-state index in [1.165, 1.54) is 18.7 Å². The number of carbonyl (C=O) groups excluding carboxylic acids is 2. The van der Waals surface area contributed by atoms with Crippen LogP contribution in [0.15, 0.2) is 24.3 Å². The normalized spacial score (nSPS) is 17.9. The van der Waals surface area contributed by atoms with Gasteiger partial charge in [-0.1, -0.05) is 11.8 Å². The maximum absolute atomic E-state index is 10.6. The molecule has 2 unspecified atom stereocenters. The van der Waals surface area contributed by atoms with Crippen LogP contribution in [0, 0.1) is 0 Å².